The van der Waals surface area contributed by atoms with E-state index in [2.05, 4.69) is 67.1 Å². The normalized spacial score (nSPS) is 20.4. The van der Waals surface area contributed by atoms with E-state index in [0.29, 0.717) is 0 Å². The number of hydrogen-bond donors (Lipinski definition) is 1. The van der Waals surface area contributed by atoms with Crippen LogP contribution in [0, 0.1) is 0 Å². The summed E-state index contributed by atoms with van der Waals surface area (Å²) in [6.45, 7) is 10.4. The van der Waals surface area contributed by atoms with Crippen molar-refractivity contribution in [3.05, 3.63) is 48.0 Å². The predicted octanol–water partition coefficient (Wildman–Crippen LogP) is 1.78. The van der Waals surface area contributed by atoms with Crippen LogP contribution in [0.2, 0.25) is 0 Å². The summed E-state index contributed by atoms with van der Waals surface area (Å²) in [6.07, 6.45) is 5.23. The van der Waals surface area contributed by atoms with Gasteiger partial charge < -0.3 is 19.5 Å². The van der Waals surface area contributed by atoms with Crippen LogP contribution in [0.1, 0.15) is 31.2 Å². The van der Waals surface area contributed by atoms with Gasteiger partial charge in [-0.25, -0.2) is 0 Å². The summed E-state index contributed by atoms with van der Waals surface area (Å²) >= 11 is 0. The zero-order valence-electron chi connectivity index (χ0n) is 18.6. The first-order valence-electron chi connectivity index (χ1n) is 11.6. The molecule has 2 aromatic rings. The monoisotopic (exact) mass is 425 g/mol. The molecule has 2 fully saturated rings. The molecule has 3 heterocycles. The van der Waals surface area contributed by atoms with E-state index in [1.165, 1.54) is 5.56 Å². The smallest absolute Gasteiger partial charge is 0.194 e. The molecule has 1 aromatic carbocycles. The first-order valence-corrected chi connectivity index (χ1v) is 11.6. The highest BCUT2D eigenvalue weighted by molar-refractivity contribution is 5.80. The van der Waals surface area contributed by atoms with Gasteiger partial charge in [-0.15, -0.1) is 10.2 Å². The van der Waals surface area contributed by atoms with E-state index in [9.17, 15) is 0 Å². The summed E-state index contributed by atoms with van der Waals surface area (Å²) in [5, 5.41) is 11.8. The van der Waals surface area contributed by atoms with E-state index in [-0.39, 0.29) is 6.10 Å². The molecule has 168 valence electrons. The van der Waals surface area contributed by atoms with E-state index in [1.54, 1.807) is 0 Å². The van der Waals surface area contributed by atoms with Crippen LogP contribution in [-0.4, -0.2) is 82.5 Å². The molecule has 0 radical (unpaired) electrons. The van der Waals surface area contributed by atoms with Gasteiger partial charge in [0.15, 0.2) is 5.96 Å². The Morgan fingerprint density at radius 2 is 2.03 bits per heavy atom. The number of nitrogens with zero attached hydrogens (tertiary/aromatic N) is 6. The Hall–Kier alpha value is -2.45. The number of rotatable bonds is 8. The molecule has 2 aliphatic heterocycles. The van der Waals surface area contributed by atoms with Crippen molar-refractivity contribution in [1.29, 1.82) is 0 Å². The summed E-state index contributed by atoms with van der Waals surface area (Å²) in [5.41, 5.74) is 1.38. The number of aliphatic imine (C=N–C) groups is 1. The first kappa shape index (κ1) is 21.8. The highest BCUT2D eigenvalue weighted by Crippen LogP contribution is 2.13. The van der Waals surface area contributed by atoms with Crippen LogP contribution in [0.25, 0.3) is 0 Å². The molecule has 2 aliphatic rings. The molecule has 31 heavy (non-hydrogen) atoms. The Bertz CT molecular complexity index is 808. The lowest BCUT2D eigenvalue weighted by atomic mass is 10.2. The second-order valence-electron chi connectivity index (χ2n) is 8.27. The number of piperazine rings is 1. The summed E-state index contributed by atoms with van der Waals surface area (Å²) in [7, 11) is 0. The van der Waals surface area contributed by atoms with E-state index < -0.39 is 0 Å². The average Bonchev–Trinajstić information content (AvgIpc) is 3.49. The van der Waals surface area contributed by atoms with Gasteiger partial charge in [0.05, 0.1) is 12.6 Å². The Morgan fingerprint density at radius 1 is 1.19 bits per heavy atom. The third-order valence-corrected chi connectivity index (χ3v) is 6.04. The van der Waals surface area contributed by atoms with Gasteiger partial charge in [0.2, 0.25) is 0 Å². The summed E-state index contributed by atoms with van der Waals surface area (Å²) in [4.78, 5) is 9.86. The molecule has 4 rings (SSSR count). The van der Waals surface area contributed by atoms with Crippen molar-refractivity contribution in [2.45, 2.75) is 45.4 Å². The third-order valence-electron chi connectivity index (χ3n) is 6.04. The van der Waals surface area contributed by atoms with Crippen molar-refractivity contribution in [2.24, 2.45) is 4.99 Å². The molecule has 8 heteroatoms. The largest absolute Gasteiger partial charge is 0.376 e. The summed E-state index contributed by atoms with van der Waals surface area (Å²) in [6, 6.07) is 10.7. The maximum atomic E-state index is 5.79. The Labute approximate surface area is 185 Å². The van der Waals surface area contributed by atoms with Gasteiger partial charge in [0, 0.05) is 58.8 Å². The van der Waals surface area contributed by atoms with Gasteiger partial charge >= 0.3 is 0 Å². The lowest BCUT2D eigenvalue weighted by Gasteiger charge is -2.36. The number of hydrogen-bond acceptors (Lipinski definition) is 5. The first-order chi connectivity index (χ1) is 15.3. The topological polar surface area (TPSA) is 70.8 Å². The van der Waals surface area contributed by atoms with Crippen LogP contribution in [0.4, 0.5) is 0 Å². The molecule has 1 N–H and O–H groups in total. The van der Waals surface area contributed by atoms with E-state index in [0.717, 1.165) is 90.0 Å². The molecule has 8 nitrogen and oxygen atoms in total. The Morgan fingerprint density at radius 3 is 2.77 bits per heavy atom. The van der Waals surface area contributed by atoms with E-state index in [1.807, 2.05) is 6.33 Å². The summed E-state index contributed by atoms with van der Waals surface area (Å²) in [5.74, 6) is 2.02. The molecule has 0 amide bonds. The van der Waals surface area contributed by atoms with Crippen LogP contribution in [0.15, 0.2) is 41.7 Å². The van der Waals surface area contributed by atoms with Gasteiger partial charge in [-0.05, 0) is 18.4 Å². The van der Waals surface area contributed by atoms with Crippen molar-refractivity contribution >= 4 is 5.96 Å². The standard InChI is InChI=1S/C23H35N7O/c1-2-22-27-26-19-30(22)11-10-24-23(25-17-21-9-6-16-31-21)29-14-12-28(13-15-29)18-20-7-4-3-5-8-20/h3-5,7-8,19,21H,2,6,9-18H2,1H3,(H,24,25). The zero-order valence-corrected chi connectivity index (χ0v) is 18.6. The Balaban J connectivity index is 1.32. The second kappa shape index (κ2) is 11.2. The van der Waals surface area contributed by atoms with Crippen molar-refractivity contribution in [3.8, 4) is 0 Å². The van der Waals surface area contributed by atoms with Crippen LogP contribution in [0.3, 0.4) is 0 Å². The molecule has 2 saturated heterocycles. The highest BCUT2D eigenvalue weighted by atomic mass is 16.5. The Kier molecular flexibility index (Phi) is 7.90. The fourth-order valence-electron chi connectivity index (χ4n) is 4.23. The lowest BCUT2D eigenvalue weighted by Crippen LogP contribution is -2.52. The zero-order chi connectivity index (χ0) is 21.3. The minimum absolute atomic E-state index is 0.265. The molecular weight excluding hydrogens is 390 g/mol. The van der Waals surface area contributed by atoms with Crippen LogP contribution in [0.5, 0.6) is 0 Å². The van der Waals surface area contributed by atoms with Gasteiger partial charge in [0.1, 0.15) is 12.2 Å². The van der Waals surface area contributed by atoms with Crippen molar-refractivity contribution in [1.82, 2.24) is 29.9 Å². The van der Waals surface area contributed by atoms with Gasteiger partial charge in [-0.1, -0.05) is 37.3 Å². The molecular formula is C23H35N7O. The molecule has 0 saturated carbocycles. The number of benzene rings is 1. The number of guanidine groups is 1. The van der Waals surface area contributed by atoms with Crippen LogP contribution >= 0.6 is 0 Å². The molecule has 0 bridgehead atoms. The SMILES string of the molecule is CCc1nncn1CCNC(=NCC1CCCO1)N1CCN(Cc2ccccc2)CC1. The van der Waals surface area contributed by atoms with Gasteiger partial charge in [-0.2, -0.15) is 0 Å². The fraction of sp³-hybridized carbons (Fsp3) is 0.609. The molecule has 1 unspecified atom stereocenters. The van der Waals surface area contributed by atoms with E-state index in [4.69, 9.17) is 9.73 Å². The fourth-order valence-corrected chi connectivity index (χ4v) is 4.23. The van der Waals surface area contributed by atoms with Crippen molar-refractivity contribution < 1.29 is 4.74 Å². The second-order valence-corrected chi connectivity index (χ2v) is 8.27. The maximum Gasteiger partial charge on any atom is 0.194 e. The van der Waals surface area contributed by atoms with Crippen LogP contribution in [-0.2, 0) is 24.2 Å². The molecule has 1 aromatic heterocycles. The van der Waals surface area contributed by atoms with Crippen LogP contribution < -0.4 is 5.32 Å². The quantitative estimate of drug-likeness (QED) is 0.514. The maximum absolute atomic E-state index is 5.79. The molecule has 0 spiro atoms. The predicted molar refractivity (Wildman–Crippen MR) is 122 cm³/mol. The van der Waals surface area contributed by atoms with E-state index >= 15 is 0 Å². The number of aromatic nitrogens is 3. The number of nitrogens with one attached hydrogen (secondary N) is 1. The highest BCUT2D eigenvalue weighted by Gasteiger charge is 2.21. The third kappa shape index (κ3) is 6.27. The number of ether oxygens (including phenoxy) is 1. The minimum Gasteiger partial charge on any atom is -0.376 e. The lowest BCUT2D eigenvalue weighted by molar-refractivity contribution is 0.117. The van der Waals surface area contributed by atoms with Gasteiger partial charge in [0.25, 0.3) is 0 Å². The average molecular weight is 426 g/mol. The molecule has 0 aliphatic carbocycles. The van der Waals surface area contributed by atoms with Crippen molar-refractivity contribution in [2.75, 3.05) is 45.9 Å². The summed E-state index contributed by atoms with van der Waals surface area (Å²) < 4.78 is 7.90. The number of aryl methyl sites for hydroxylation is 1. The van der Waals surface area contributed by atoms with Crippen molar-refractivity contribution in [3.63, 3.8) is 0 Å². The van der Waals surface area contributed by atoms with Gasteiger partial charge in [-0.3, -0.25) is 9.89 Å². The minimum atomic E-state index is 0.265. The molecule has 1 atom stereocenters.